The van der Waals surface area contributed by atoms with Gasteiger partial charge < -0.3 is 10.6 Å². The van der Waals surface area contributed by atoms with Crippen LogP contribution >= 0.6 is 23.2 Å². The predicted octanol–water partition coefficient (Wildman–Crippen LogP) is 3.83. The summed E-state index contributed by atoms with van der Waals surface area (Å²) in [7, 11) is 0. The first-order valence-corrected chi connectivity index (χ1v) is 9.82. The van der Waals surface area contributed by atoms with Crippen molar-refractivity contribution >= 4 is 46.5 Å². The molecule has 2 aromatic carbocycles. The number of amides is 2. The summed E-state index contributed by atoms with van der Waals surface area (Å²) in [5.41, 5.74) is 0.716. The van der Waals surface area contributed by atoms with Gasteiger partial charge in [0, 0.05) is 34.5 Å². The van der Waals surface area contributed by atoms with Crippen molar-refractivity contribution in [2.45, 2.75) is 37.1 Å². The zero-order valence-electron chi connectivity index (χ0n) is 15.1. The van der Waals surface area contributed by atoms with Gasteiger partial charge in [0.15, 0.2) is 5.78 Å². The molecule has 0 bridgehead atoms. The SMILES string of the molecule is CCC(=O)C1NC(=O)CC(c2cccc(Cl)c2)C12C(=O)Nc1cc(Cl)ccc12. The lowest BCUT2D eigenvalue weighted by molar-refractivity contribution is -0.138. The van der Waals surface area contributed by atoms with Crippen LogP contribution in [-0.2, 0) is 19.8 Å². The molecule has 2 aliphatic rings. The molecule has 4 rings (SSSR count). The molecule has 2 heterocycles. The summed E-state index contributed by atoms with van der Waals surface area (Å²) in [5, 5.41) is 6.65. The minimum atomic E-state index is -1.26. The third-order valence-electron chi connectivity index (χ3n) is 5.67. The molecule has 1 saturated heterocycles. The van der Waals surface area contributed by atoms with Gasteiger partial charge in [-0.3, -0.25) is 14.4 Å². The molecule has 2 amide bonds. The molecule has 0 aromatic heterocycles. The first kappa shape index (κ1) is 19.0. The summed E-state index contributed by atoms with van der Waals surface area (Å²) in [6.45, 7) is 1.72. The van der Waals surface area contributed by atoms with Crippen molar-refractivity contribution < 1.29 is 14.4 Å². The number of hydrogen-bond acceptors (Lipinski definition) is 3. The maximum absolute atomic E-state index is 13.4. The van der Waals surface area contributed by atoms with Crippen molar-refractivity contribution in [2.75, 3.05) is 5.32 Å². The Morgan fingerprint density at radius 1 is 1.14 bits per heavy atom. The fourth-order valence-electron chi connectivity index (χ4n) is 4.49. The number of piperidine rings is 1. The van der Waals surface area contributed by atoms with Crippen molar-refractivity contribution in [2.24, 2.45) is 0 Å². The van der Waals surface area contributed by atoms with Gasteiger partial charge in [-0.25, -0.2) is 0 Å². The van der Waals surface area contributed by atoms with Gasteiger partial charge in [0.2, 0.25) is 11.8 Å². The number of ketones is 1. The summed E-state index contributed by atoms with van der Waals surface area (Å²) in [6, 6.07) is 11.3. The summed E-state index contributed by atoms with van der Waals surface area (Å²) in [4.78, 5) is 38.9. The summed E-state index contributed by atoms with van der Waals surface area (Å²) < 4.78 is 0. The number of Topliss-reactive ketones (excluding diaryl/α,β-unsaturated/α-hetero) is 1. The Balaban J connectivity index is 2.01. The Bertz CT molecular complexity index is 1010. The van der Waals surface area contributed by atoms with Gasteiger partial charge >= 0.3 is 0 Å². The average molecular weight is 417 g/mol. The molecule has 2 aliphatic heterocycles. The average Bonchev–Trinajstić information content (AvgIpc) is 2.94. The smallest absolute Gasteiger partial charge is 0.238 e. The van der Waals surface area contributed by atoms with Gasteiger partial charge in [0.1, 0.15) is 11.5 Å². The molecule has 5 nitrogen and oxygen atoms in total. The number of anilines is 1. The highest BCUT2D eigenvalue weighted by Gasteiger charge is 2.62. The van der Waals surface area contributed by atoms with Crippen LogP contribution in [0.25, 0.3) is 0 Å². The van der Waals surface area contributed by atoms with Crippen molar-refractivity contribution in [3.8, 4) is 0 Å². The number of carbonyl (C=O) groups excluding carboxylic acids is 3. The van der Waals surface area contributed by atoms with Crippen LogP contribution in [0.3, 0.4) is 0 Å². The number of rotatable bonds is 3. The van der Waals surface area contributed by atoms with Crippen LogP contribution < -0.4 is 10.6 Å². The van der Waals surface area contributed by atoms with E-state index >= 15 is 0 Å². The number of nitrogens with one attached hydrogen (secondary N) is 2. The minimum Gasteiger partial charge on any atom is -0.345 e. The first-order valence-electron chi connectivity index (χ1n) is 9.07. The molecule has 0 radical (unpaired) electrons. The van der Waals surface area contributed by atoms with Crippen molar-refractivity contribution in [1.82, 2.24) is 5.32 Å². The lowest BCUT2D eigenvalue weighted by Gasteiger charge is -2.45. The Morgan fingerprint density at radius 3 is 2.61 bits per heavy atom. The highest BCUT2D eigenvalue weighted by atomic mass is 35.5. The van der Waals surface area contributed by atoms with E-state index in [0.29, 0.717) is 21.3 Å². The molecule has 3 atom stereocenters. The molecule has 28 heavy (non-hydrogen) atoms. The zero-order valence-corrected chi connectivity index (χ0v) is 16.6. The van der Waals surface area contributed by atoms with Crippen LogP contribution in [0, 0.1) is 0 Å². The highest BCUT2D eigenvalue weighted by Crippen LogP contribution is 2.53. The van der Waals surface area contributed by atoms with E-state index in [1.807, 2.05) is 6.07 Å². The lowest BCUT2D eigenvalue weighted by Crippen LogP contribution is -2.64. The third kappa shape index (κ3) is 2.73. The second kappa shape index (κ2) is 6.90. The molecule has 7 heteroatoms. The van der Waals surface area contributed by atoms with E-state index in [2.05, 4.69) is 10.6 Å². The topological polar surface area (TPSA) is 75.3 Å². The number of benzene rings is 2. The van der Waals surface area contributed by atoms with E-state index in [1.54, 1.807) is 43.3 Å². The maximum Gasteiger partial charge on any atom is 0.238 e. The van der Waals surface area contributed by atoms with Crippen LogP contribution in [0.15, 0.2) is 42.5 Å². The quantitative estimate of drug-likeness (QED) is 0.797. The largest absolute Gasteiger partial charge is 0.345 e. The van der Waals surface area contributed by atoms with E-state index < -0.39 is 17.4 Å². The van der Waals surface area contributed by atoms with Crippen LogP contribution in [0.4, 0.5) is 5.69 Å². The summed E-state index contributed by atoms with van der Waals surface area (Å²) in [5.74, 6) is -1.32. The molecular formula is C21H18Cl2N2O3. The normalized spacial score (nSPS) is 26.0. The molecule has 2 N–H and O–H groups in total. The monoisotopic (exact) mass is 416 g/mol. The second-order valence-corrected chi connectivity index (χ2v) is 8.02. The zero-order chi connectivity index (χ0) is 20.1. The molecule has 1 fully saturated rings. The van der Waals surface area contributed by atoms with E-state index in [-0.39, 0.29) is 30.4 Å². The maximum atomic E-state index is 13.4. The first-order chi connectivity index (χ1) is 13.4. The Morgan fingerprint density at radius 2 is 1.89 bits per heavy atom. The molecular weight excluding hydrogens is 399 g/mol. The molecule has 1 spiro atoms. The number of halogens is 2. The van der Waals surface area contributed by atoms with Crippen LogP contribution in [0.2, 0.25) is 10.0 Å². The van der Waals surface area contributed by atoms with Gasteiger partial charge in [-0.2, -0.15) is 0 Å². The summed E-state index contributed by atoms with van der Waals surface area (Å²) in [6.07, 6.45) is 0.272. The third-order valence-corrected chi connectivity index (χ3v) is 6.14. The van der Waals surface area contributed by atoms with Crippen LogP contribution in [-0.4, -0.2) is 23.6 Å². The number of fused-ring (bicyclic) bond motifs is 2. The summed E-state index contributed by atoms with van der Waals surface area (Å²) >= 11 is 12.3. The van der Waals surface area contributed by atoms with Crippen molar-refractivity contribution in [3.63, 3.8) is 0 Å². The molecule has 2 aromatic rings. The second-order valence-electron chi connectivity index (χ2n) is 7.15. The Labute approximate surface area is 172 Å². The highest BCUT2D eigenvalue weighted by molar-refractivity contribution is 6.31. The van der Waals surface area contributed by atoms with Crippen molar-refractivity contribution in [1.29, 1.82) is 0 Å². The molecule has 144 valence electrons. The number of carbonyl (C=O) groups is 3. The van der Waals surface area contributed by atoms with Crippen LogP contribution in [0.5, 0.6) is 0 Å². The lowest BCUT2D eigenvalue weighted by atomic mass is 9.59. The van der Waals surface area contributed by atoms with Crippen LogP contribution in [0.1, 0.15) is 36.8 Å². The number of hydrogen-bond donors (Lipinski definition) is 2. The molecule has 0 saturated carbocycles. The fourth-order valence-corrected chi connectivity index (χ4v) is 4.86. The fraction of sp³-hybridized carbons (Fsp3) is 0.286. The Kier molecular flexibility index (Phi) is 4.68. The van der Waals surface area contributed by atoms with E-state index in [4.69, 9.17) is 23.2 Å². The molecule has 3 unspecified atom stereocenters. The van der Waals surface area contributed by atoms with E-state index in [1.165, 1.54) is 0 Å². The van der Waals surface area contributed by atoms with Gasteiger partial charge in [0.25, 0.3) is 0 Å². The van der Waals surface area contributed by atoms with Gasteiger partial charge in [0.05, 0.1) is 0 Å². The standard InChI is InChI=1S/C21H18Cl2N2O3/c1-2-17(26)19-21(14-7-6-13(23)9-16(14)24-20(21)28)15(10-18(27)25-19)11-4-3-5-12(22)8-11/h3-9,15,19H,2,10H2,1H3,(H,24,28)(H,25,27). The van der Waals surface area contributed by atoms with E-state index in [0.717, 1.165) is 5.56 Å². The molecule has 0 aliphatic carbocycles. The van der Waals surface area contributed by atoms with Gasteiger partial charge in [-0.15, -0.1) is 0 Å². The van der Waals surface area contributed by atoms with E-state index in [9.17, 15) is 14.4 Å². The predicted molar refractivity (Wildman–Crippen MR) is 108 cm³/mol. The van der Waals surface area contributed by atoms with Gasteiger partial charge in [-0.1, -0.05) is 48.3 Å². The van der Waals surface area contributed by atoms with Crippen molar-refractivity contribution in [3.05, 3.63) is 63.6 Å². The Hall–Kier alpha value is -2.37. The minimum absolute atomic E-state index is 0.0727. The van der Waals surface area contributed by atoms with Gasteiger partial charge in [-0.05, 0) is 35.4 Å².